The molecule has 4 saturated carbocycles. The Hall–Kier alpha value is -2.13. The topological polar surface area (TPSA) is 120 Å². The number of unbranched alkanes of at least 4 members (excludes halogenated alkanes) is 3. The van der Waals surface area contributed by atoms with Crippen LogP contribution in [-0.4, -0.2) is 35.1 Å². The average molecular weight is 564 g/mol. The van der Waals surface area contributed by atoms with Gasteiger partial charge in [-0.3, -0.25) is 14.8 Å². The molecule has 4 aliphatic rings. The van der Waals surface area contributed by atoms with Gasteiger partial charge < -0.3 is 16.0 Å². The molecule has 4 fully saturated rings. The van der Waals surface area contributed by atoms with E-state index in [4.69, 9.17) is 5.21 Å². The summed E-state index contributed by atoms with van der Waals surface area (Å²) in [6.45, 7) is 5.33. The van der Waals surface area contributed by atoms with Gasteiger partial charge in [-0.1, -0.05) is 26.7 Å². The van der Waals surface area contributed by atoms with E-state index in [1.807, 2.05) is 0 Å². The lowest BCUT2D eigenvalue weighted by atomic mass is 9.43. The van der Waals surface area contributed by atoms with Crippen molar-refractivity contribution in [1.29, 1.82) is 0 Å². The number of benzene rings is 1. The number of carbonyl (C=O) groups excluding carboxylic acids is 3. The minimum Gasteiger partial charge on any atom is -0.352 e. The Balaban J connectivity index is 1.24. The zero-order valence-electron chi connectivity index (χ0n) is 21.3. The fraction of sp³-hybridized carbons (Fsp3) is 0.667. The van der Waals surface area contributed by atoms with Gasteiger partial charge in [-0.2, -0.15) is 0 Å². The first-order chi connectivity index (χ1) is 17.0. The number of anilines is 1. The van der Waals surface area contributed by atoms with Crippen LogP contribution in [0.25, 0.3) is 0 Å². The standard InChI is InChI=1S/C27H39BrN4O4/c1-25-12-18-13-26(2,15-25)17-27(14-18,16-25)31-24(35)30-21-9-8-19(11-20(21)28)23(34)29-10-6-4-3-5-7-22(33)32-36/h8-9,11,18,36H,3-7,10,12-17H2,1-2H3,(H,29,34)(H,32,33)(H2,30,31,35)/t18?,25-,26+,27?. The molecule has 198 valence electrons. The molecule has 5 rings (SSSR count). The van der Waals surface area contributed by atoms with Gasteiger partial charge in [-0.05, 0) is 102 Å². The highest BCUT2D eigenvalue weighted by Gasteiger charge is 2.60. The number of urea groups is 1. The molecule has 0 spiro atoms. The average Bonchev–Trinajstić information content (AvgIpc) is 2.76. The lowest BCUT2D eigenvalue weighted by molar-refractivity contribution is -0.129. The van der Waals surface area contributed by atoms with E-state index < -0.39 is 0 Å². The quantitative estimate of drug-likeness (QED) is 0.147. The molecule has 0 heterocycles. The molecule has 8 nitrogen and oxygen atoms in total. The summed E-state index contributed by atoms with van der Waals surface area (Å²) in [5.74, 6) is 0.163. The first-order valence-electron chi connectivity index (χ1n) is 13.1. The fourth-order valence-corrected chi connectivity index (χ4v) is 8.34. The van der Waals surface area contributed by atoms with Crippen molar-refractivity contribution in [1.82, 2.24) is 16.1 Å². The summed E-state index contributed by atoms with van der Waals surface area (Å²) in [5, 5.41) is 17.7. The van der Waals surface area contributed by atoms with E-state index in [1.54, 1.807) is 23.7 Å². The highest BCUT2D eigenvalue weighted by Crippen LogP contribution is 2.66. The Morgan fingerprint density at radius 3 is 2.33 bits per heavy atom. The summed E-state index contributed by atoms with van der Waals surface area (Å²) in [5.41, 5.74) is 3.32. The van der Waals surface area contributed by atoms with E-state index in [9.17, 15) is 14.4 Å². The van der Waals surface area contributed by atoms with Crippen molar-refractivity contribution in [2.45, 2.75) is 90.0 Å². The largest absolute Gasteiger partial charge is 0.352 e. The number of halogens is 1. The fourth-order valence-electron chi connectivity index (χ4n) is 7.86. The number of rotatable bonds is 10. The molecule has 9 heteroatoms. The Bertz CT molecular complexity index is 997. The zero-order chi connectivity index (χ0) is 26.0. The van der Waals surface area contributed by atoms with Crippen LogP contribution < -0.4 is 21.4 Å². The molecular weight excluding hydrogens is 524 g/mol. The summed E-state index contributed by atoms with van der Waals surface area (Å²) in [6, 6.07) is 5.02. The highest BCUT2D eigenvalue weighted by atomic mass is 79.9. The lowest BCUT2D eigenvalue weighted by Gasteiger charge is -2.65. The zero-order valence-corrected chi connectivity index (χ0v) is 22.9. The minimum atomic E-state index is -0.374. The van der Waals surface area contributed by atoms with Gasteiger partial charge in [0.1, 0.15) is 0 Å². The van der Waals surface area contributed by atoms with Gasteiger partial charge in [-0.25, -0.2) is 10.3 Å². The van der Waals surface area contributed by atoms with Crippen LogP contribution >= 0.6 is 15.9 Å². The molecular formula is C27H39BrN4O4. The monoisotopic (exact) mass is 562 g/mol. The maximum Gasteiger partial charge on any atom is 0.319 e. The van der Waals surface area contributed by atoms with Crippen molar-refractivity contribution in [3.8, 4) is 0 Å². The maximum absolute atomic E-state index is 13.0. The molecule has 4 bridgehead atoms. The second kappa shape index (κ2) is 10.7. The number of hydroxylamine groups is 1. The molecule has 4 amide bonds. The molecule has 4 atom stereocenters. The summed E-state index contributed by atoms with van der Waals surface area (Å²) >= 11 is 3.51. The van der Waals surface area contributed by atoms with Crippen LogP contribution in [0.15, 0.2) is 22.7 Å². The van der Waals surface area contributed by atoms with E-state index in [-0.39, 0.29) is 23.4 Å². The molecule has 0 radical (unpaired) electrons. The molecule has 0 aliphatic heterocycles. The van der Waals surface area contributed by atoms with Crippen molar-refractivity contribution in [2.24, 2.45) is 16.7 Å². The van der Waals surface area contributed by atoms with Crippen LogP contribution in [-0.2, 0) is 4.79 Å². The Kier molecular flexibility index (Phi) is 8.00. The Morgan fingerprint density at radius 2 is 1.69 bits per heavy atom. The predicted octanol–water partition coefficient (Wildman–Crippen LogP) is 5.51. The first-order valence-corrected chi connectivity index (χ1v) is 13.9. The van der Waals surface area contributed by atoms with Crippen molar-refractivity contribution in [3.63, 3.8) is 0 Å². The van der Waals surface area contributed by atoms with E-state index in [2.05, 4.69) is 45.7 Å². The summed E-state index contributed by atoms with van der Waals surface area (Å²) < 4.78 is 0.664. The van der Waals surface area contributed by atoms with Gasteiger partial charge in [0.05, 0.1) is 5.69 Å². The molecule has 36 heavy (non-hydrogen) atoms. The molecule has 1 aromatic rings. The third kappa shape index (κ3) is 6.40. The van der Waals surface area contributed by atoms with Crippen molar-refractivity contribution < 1.29 is 19.6 Å². The van der Waals surface area contributed by atoms with Crippen LogP contribution in [0.3, 0.4) is 0 Å². The highest BCUT2D eigenvalue weighted by molar-refractivity contribution is 9.10. The number of hydrogen-bond acceptors (Lipinski definition) is 4. The van der Waals surface area contributed by atoms with E-state index in [0.717, 1.165) is 38.5 Å². The number of amides is 4. The minimum absolute atomic E-state index is 0.120. The SMILES string of the molecule is C[C@]12CC3CC(NC(=O)Nc4ccc(C(=O)NCCCCCCC(=O)NO)cc4Br)(C1)C[C@@](C)(C3)C2. The van der Waals surface area contributed by atoms with Crippen LogP contribution in [0.2, 0.25) is 0 Å². The van der Waals surface area contributed by atoms with Crippen molar-refractivity contribution in [2.75, 3.05) is 11.9 Å². The van der Waals surface area contributed by atoms with Crippen molar-refractivity contribution >= 4 is 39.5 Å². The van der Waals surface area contributed by atoms with Crippen LogP contribution in [0.5, 0.6) is 0 Å². The van der Waals surface area contributed by atoms with Gasteiger partial charge in [0.15, 0.2) is 0 Å². The molecule has 0 saturated heterocycles. The molecule has 2 unspecified atom stereocenters. The summed E-state index contributed by atoms with van der Waals surface area (Å²) in [6.07, 6.45) is 10.6. The molecule has 1 aromatic carbocycles. The number of nitrogens with one attached hydrogen (secondary N) is 4. The maximum atomic E-state index is 13.0. The summed E-state index contributed by atoms with van der Waals surface area (Å²) in [4.78, 5) is 36.5. The second-order valence-corrected chi connectivity index (χ2v) is 13.0. The summed E-state index contributed by atoms with van der Waals surface area (Å²) in [7, 11) is 0. The third-order valence-corrected chi connectivity index (χ3v) is 8.88. The smallest absolute Gasteiger partial charge is 0.319 e. The van der Waals surface area contributed by atoms with Gasteiger partial charge in [0.2, 0.25) is 5.91 Å². The normalized spacial score (nSPS) is 30.1. The number of hydrogen-bond donors (Lipinski definition) is 5. The van der Waals surface area contributed by atoms with Crippen LogP contribution in [0.1, 0.15) is 94.8 Å². The third-order valence-electron chi connectivity index (χ3n) is 8.23. The van der Waals surface area contributed by atoms with Crippen LogP contribution in [0, 0.1) is 16.7 Å². The number of carbonyl (C=O) groups is 3. The van der Waals surface area contributed by atoms with Crippen LogP contribution in [0.4, 0.5) is 10.5 Å². The van der Waals surface area contributed by atoms with E-state index in [0.29, 0.717) is 51.9 Å². The predicted molar refractivity (Wildman–Crippen MR) is 142 cm³/mol. The van der Waals surface area contributed by atoms with Gasteiger partial charge >= 0.3 is 6.03 Å². The van der Waals surface area contributed by atoms with Crippen molar-refractivity contribution in [3.05, 3.63) is 28.2 Å². The van der Waals surface area contributed by atoms with Gasteiger partial charge in [0, 0.05) is 28.5 Å². The first kappa shape index (κ1) is 26.9. The van der Waals surface area contributed by atoms with Gasteiger partial charge in [-0.15, -0.1) is 0 Å². The second-order valence-electron chi connectivity index (χ2n) is 12.1. The molecule has 4 aliphatic carbocycles. The Morgan fingerprint density at radius 1 is 1.00 bits per heavy atom. The van der Waals surface area contributed by atoms with E-state index >= 15 is 0 Å². The molecule has 0 aromatic heterocycles. The van der Waals surface area contributed by atoms with E-state index in [1.165, 1.54) is 19.3 Å². The molecule has 5 N–H and O–H groups in total. The Labute approximate surface area is 221 Å². The lowest BCUT2D eigenvalue weighted by Crippen LogP contribution is -2.65. The van der Waals surface area contributed by atoms with Gasteiger partial charge in [0.25, 0.3) is 5.91 Å².